The maximum atomic E-state index is 13.7. The van der Waals surface area contributed by atoms with Crippen LogP contribution in [0, 0.1) is 11.6 Å². The Bertz CT molecular complexity index is 1510. The molecular weight excluding hydrogens is 426 g/mol. The molecule has 0 radical (unpaired) electrons. The standard InChI is InChI=1S/C23H13ClF2N2O3/c24-12-2-4-19-18(6-12)16-3-1-11-5-20(21(29)10-17(11)22(16)27-19)28(23(30)31)15-8-13(25)7-14(26)9-15/h1-10,27,29H,(H,30,31). The second-order valence-corrected chi connectivity index (χ2v) is 7.55. The molecule has 0 saturated heterocycles. The molecule has 0 fully saturated rings. The molecule has 1 amide bonds. The molecule has 1 heterocycles. The first-order chi connectivity index (χ1) is 14.8. The fraction of sp³-hybridized carbons (Fsp3) is 0. The molecule has 5 rings (SSSR count). The van der Waals surface area contributed by atoms with Crippen molar-refractivity contribution in [2.24, 2.45) is 0 Å². The number of nitrogens with one attached hydrogen (secondary N) is 1. The van der Waals surface area contributed by atoms with E-state index < -0.39 is 17.7 Å². The van der Waals surface area contributed by atoms with Crippen molar-refractivity contribution in [2.75, 3.05) is 4.90 Å². The number of phenolic OH excluding ortho intramolecular Hbond substituents is 1. The number of aromatic nitrogens is 1. The highest BCUT2D eigenvalue weighted by atomic mass is 35.5. The van der Waals surface area contributed by atoms with Crippen LogP contribution in [0.4, 0.5) is 25.0 Å². The van der Waals surface area contributed by atoms with E-state index in [2.05, 4.69) is 4.98 Å². The smallest absolute Gasteiger partial charge is 0.416 e. The van der Waals surface area contributed by atoms with Crippen LogP contribution < -0.4 is 4.90 Å². The predicted molar refractivity (Wildman–Crippen MR) is 117 cm³/mol. The first-order valence-corrected chi connectivity index (χ1v) is 9.55. The summed E-state index contributed by atoms with van der Waals surface area (Å²) in [6.07, 6.45) is -1.50. The Morgan fingerprint density at radius 2 is 1.65 bits per heavy atom. The number of H-pyrrole nitrogens is 1. The molecule has 0 atom stereocenters. The number of hydrogen-bond acceptors (Lipinski definition) is 2. The average molecular weight is 439 g/mol. The van der Waals surface area contributed by atoms with Gasteiger partial charge in [-0.05, 0) is 47.9 Å². The summed E-state index contributed by atoms with van der Waals surface area (Å²) in [6.45, 7) is 0. The van der Waals surface area contributed by atoms with Gasteiger partial charge in [0.15, 0.2) is 0 Å². The number of aromatic amines is 1. The van der Waals surface area contributed by atoms with Crippen molar-refractivity contribution in [3.05, 3.63) is 77.3 Å². The normalized spacial score (nSPS) is 11.5. The Hall–Kier alpha value is -3.84. The second-order valence-electron chi connectivity index (χ2n) is 7.11. The number of nitrogens with zero attached hydrogens (tertiary/aromatic N) is 1. The van der Waals surface area contributed by atoms with E-state index in [0.717, 1.165) is 33.9 Å². The molecule has 0 bridgehead atoms. The van der Waals surface area contributed by atoms with Crippen molar-refractivity contribution in [1.82, 2.24) is 4.98 Å². The van der Waals surface area contributed by atoms with E-state index in [1.54, 1.807) is 12.1 Å². The predicted octanol–water partition coefficient (Wildman–Crippen LogP) is 6.93. The summed E-state index contributed by atoms with van der Waals surface area (Å²) >= 11 is 6.12. The fourth-order valence-electron chi connectivity index (χ4n) is 3.89. The van der Waals surface area contributed by atoms with Gasteiger partial charge in [0, 0.05) is 32.8 Å². The molecule has 0 aliphatic carbocycles. The van der Waals surface area contributed by atoms with E-state index in [4.69, 9.17) is 11.6 Å². The summed E-state index contributed by atoms with van der Waals surface area (Å²) < 4.78 is 27.4. The SMILES string of the molecule is O=C(O)N(c1cc(F)cc(F)c1)c1cc2ccc3c4cc(Cl)ccc4[nH]c3c2cc1O. The van der Waals surface area contributed by atoms with Crippen molar-refractivity contribution in [1.29, 1.82) is 0 Å². The number of hydrogen-bond donors (Lipinski definition) is 3. The molecule has 8 heteroatoms. The molecule has 31 heavy (non-hydrogen) atoms. The summed E-state index contributed by atoms with van der Waals surface area (Å²) in [4.78, 5) is 15.9. The van der Waals surface area contributed by atoms with Gasteiger partial charge in [0.25, 0.3) is 0 Å². The van der Waals surface area contributed by atoms with Crippen LogP contribution in [0.5, 0.6) is 5.75 Å². The maximum absolute atomic E-state index is 13.7. The summed E-state index contributed by atoms with van der Waals surface area (Å²) in [6, 6.07) is 14.4. The number of anilines is 2. The van der Waals surface area contributed by atoms with Gasteiger partial charge in [0.1, 0.15) is 17.4 Å². The molecule has 5 aromatic rings. The molecule has 5 nitrogen and oxygen atoms in total. The third-order valence-corrected chi connectivity index (χ3v) is 5.42. The van der Waals surface area contributed by atoms with Crippen molar-refractivity contribution in [3.8, 4) is 5.75 Å². The minimum Gasteiger partial charge on any atom is -0.506 e. The van der Waals surface area contributed by atoms with E-state index in [9.17, 15) is 23.8 Å². The zero-order chi connectivity index (χ0) is 21.9. The van der Waals surface area contributed by atoms with Crippen molar-refractivity contribution in [3.63, 3.8) is 0 Å². The van der Waals surface area contributed by atoms with E-state index in [1.807, 2.05) is 18.2 Å². The Morgan fingerprint density at radius 3 is 2.35 bits per heavy atom. The quantitative estimate of drug-likeness (QED) is 0.280. The zero-order valence-electron chi connectivity index (χ0n) is 15.7. The number of amides is 1. The van der Waals surface area contributed by atoms with E-state index in [-0.39, 0.29) is 17.1 Å². The number of carboxylic acid groups (broad SMARTS) is 1. The third kappa shape index (κ3) is 3.10. The second kappa shape index (κ2) is 6.85. The van der Waals surface area contributed by atoms with Gasteiger partial charge in [-0.1, -0.05) is 23.7 Å². The van der Waals surface area contributed by atoms with Gasteiger partial charge in [-0.25, -0.2) is 18.5 Å². The highest BCUT2D eigenvalue weighted by Crippen LogP contribution is 2.40. The van der Waals surface area contributed by atoms with Crippen molar-refractivity contribution in [2.45, 2.75) is 0 Å². The van der Waals surface area contributed by atoms with Crippen LogP contribution in [0.15, 0.2) is 60.7 Å². The minimum absolute atomic E-state index is 0.122. The number of halogens is 3. The summed E-state index contributed by atoms with van der Waals surface area (Å²) in [5, 5.41) is 24.1. The van der Waals surface area contributed by atoms with Gasteiger partial charge < -0.3 is 15.2 Å². The summed E-state index contributed by atoms with van der Waals surface area (Å²) in [5.74, 6) is -2.22. The highest BCUT2D eigenvalue weighted by Gasteiger charge is 2.23. The number of rotatable bonds is 2. The molecule has 0 spiro atoms. The lowest BCUT2D eigenvalue weighted by Crippen LogP contribution is -2.24. The lowest BCUT2D eigenvalue weighted by molar-refractivity contribution is 0.204. The number of fused-ring (bicyclic) bond motifs is 5. The van der Waals surface area contributed by atoms with Gasteiger partial charge in [0.05, 0.1) is 16.9 Å². The summed E-state index contributed by atoms with van der Waals surface area (Å²) in [5.41, 5.74) is 1.22. The Morgan fingerprint density at radius 1 is 0.903 bits per heavy atom. The van der Waals surface area contributed by atoms with Gasteiger partial charge in [-0.2, -0.15) is 0 Å². The van der Waals surface area contributed by atoms with Crippen LogP contribution in [0.3, 0.4) is 0 Å². The topological polar surface area (TPSA) is 76.6 Å². The Labute approximate surface area is 178 Å². The van der Waals surface area contributed by atoms with Gasteiger partial charge in [-0.3, -0.25) is 0 Å². The van der Waals surface area contributed by atoms with E-state index in [0.29, 0.717) is 26.8 Å². The Kier molecular flexibility index (Phi) is 4.23. The first-order valence-electron chi connectivity index (χ1n) is 9.17. The van der Waals surface area contributed by atoms with Gasteiger partial charge in [0.2, 0.25) is 0 Å². The molecule has 1 aromatic heterocycles. The van der Waals surface area contributed by atoms with Crippen molar-refractivity contribution >= 4 is 61.6 Å². The van der Waals surface area contributed by atoms with Gasteiger partial charge >= 0.3 is 6.09 Å². The third-order valence-electron chi connectivity index (χ3n) is 5.18. The zero-order valence-corrected chi connectivity index (χ0v) is 16.4. The molecular formula is C23H13ClF2N2O3. The summed E-state index contributed by atoms with van der Waals surface area (Å²) in [7, 11) is 0. The number of aromatic hydroxyl groups is 1. The molecule has 0 unspecified atom stereocenters. The van der Waals surface area contributed by atoms with Crippen LogP contribution in [0.1, 0.15) is 0 Å². The minimum atomic E-state index is -1.50. The van der Waals surface area contributed by atoms with Crippen LogP contribution >= 0.6 is 11.6 Å². The first kappa shape index (κ1) is 19.1. The Balaban J connectivity index is 1.76. The molecule has 0 saturated carbocycles. The number of carbonyl (C=O) groups is 1. The molecule has 3 N–H and O–H groups in total. The number of phenols is 1. The molecule has 154 valence electrons. The monoisotopic (exact) mass is 438 g/mol. The van der Waals surface area contributed by atoms with Crippen LogP contribution in [-0.4, -0.2) is 21.3 Å². The largest absolute Gasteiger partial charge is 0.506 e. The lowest BCUT2D eigenvalue weighted by Gasteiger charge is -2.21. The fourth-order valence-corrected chi connectivity index (χ4v) is 4.06. The van der Waals surface area contributed by atoms with Gasteiger partial charge in [-0.15, -0.1) is 0 Å². The van der Waals surface area contributed by atoms with Crippen LogP contribution in [-0.2, 0) is 0 Å². The highest BCUT2D eigenvalue weighted by molar-refractivity contribution is 6.32. The van der Waals surface area contributed by atoms with Crippen LogP contribution in [0.25, 0.3) is 32.6 Å². The lowest BCUT2D eigenvalue weighted by atomic mass is 10.0. The maximum Gasteiger partial charge on any atom is 0.416 e. The van der Waals surface area contributed by atoms with E-state index >= 15 is 0 Å². The van der Waals surface area contributed by atoms with Crippen LogP contribution in [0.2, 0.25) is 5.02 Å². The van der Waals surface area contributed by atoms with E-state index in [1.165, 1.54) is 12.1 Å². The van der Waals surface area contributed by atoms with Crippen molar-refractivity contribution < 1.29 is 23.8 Å². The number of benzene rings is 4. The molecule has 0 aliphatic rings. The molecule has 4 aromatic carbocycles. The average Bonchev–Trinajstić information content (AvgIpc) is 3.06. The molecule has 0 aliphatic heterocycles.